The van der Waals surface area contributed by atoms with E-state index < -0.39 is 0 Å². The van der Waals surface area contributed by atoms with Crippen LogP contribution in [0.25, 0.3) is 0 Å². The zero-order valence-electron chi connectivity index (χ0n) is 17.7. The van der Waals surface area contributed by atoms with Crippen LogP contribution in [0.2, 0.25) is 0 Å². The lowest BCUT2D eigenvalue weighted by Crippen LogP contribution is -2.45. The summed E-state index contributed by atoms with van der Waals surface area (Å²) in [5.74, 6) is 2.57. The van der Waals surface area contributed by atoms with E-state index in [0.29, 0.717) is 12.0 Å². The second-order valence-electron chi connectivity index (χ2n) is 7.52. The number of nitrogens with zero attached hydrogens (tertiary/aromatic N) is 5. The van der Waals surface area contributed by atoms with Crippen LogP contribution < -0.4 is 10.6 Å². The van der Waals surface area contributed by atoms with Crippen molar-refractivity contribution in [3.05, 3.63) is 5.82 Å². The van der Waals surface area contributed by atoms with Gasteiger partial charge in [0, 0.05) is 39.1 Å². The molecule has 1 unspecified atom stereocenters. The van der Waals surface area contributed by atoms with Crippen LogP contribution in [-0.4, -0.2) is 71.1 Å². The Hall–Kier alpha value is -1.28. The average Bonchev–Trinajstić information content (AvgIpc) is 3.27. The number of rotatable bonds is 10. The van der Waals surface area contributed by atoms with Crippen molar-refractivity contribution in [3.8, 4) is 0 Å². The van der Waals surface area contributed by atoms with Gasteiger partial charge < -0.3 is 15.2 Å². The lowest BCUT2D eigenvalue weighted by molar-refractivity contribution is 0.267. The van der Waals surface area contributed by atoms with Crippen molar-refractivity contribution in [2.45, 2.75) is 64.2 Å². The molecule has 8 heteroatoms. The molecule has 0 amide bonds. The maximum Gasteiger partial charge on any atom is 0.191 e. The van der Waals surface area contributed by atoms with Gasteiger partial charge in [-0.3, -0.25) is 9.89 Å². The van der Waals surface area contributed by atoms with E-state index in [0.717, 1.165) is 56.0 Å². The fraction of sp³-hybridized carbons (Fsp3) is 0.842. The number of aliphatic imine (C=N–C) groups is 1. The third-order valence-electron chi connectivity index (χ3n) is 5.03. The number of hydrogen-bond acceptors (Lipinski definition) is 5. The molecule has 7 nitrogen and oxygen atoms in total. The minimum atomic E-state index is 0.588. The molecule has 1 aromatic rings. The summed E-state index contributed by atoms with van der Waals surface area (Å²) in [7, 11) is 1.84. The number of likely N-dealkylation sites (tertiary alicyclic amines) is 1. The number of likely N-dealkylation sites (N-methyl/N-ethyl adjacent to an activating group) is 1. The van der Waals surface area contributed by atoms with Gasteiger partial charge in [-0.1, -0.05) is 32.5 Å². The molecule has 2 rings (SSSR count). The number of nitrogens with one attached hydrogen (secondary N) is 2. The summed E-state index contributed by atoms with van der Waals surface area (Å²) in [6.45, 7) is 11.9. The van der Waals surface area contributed by atoms with Gasteiger partial charge in [-0.15, -0.1) is 10.2 Å². The van der Waals surface area contributed by atoms with Crippen LogP contribution >= 0.6 is 11.8 Å². The summed E-state index contributed by atoms with van der Waals surface area (Å²) in [4.78, 5) is 6.90. The summed E-state index contributed by atoms with van der Waals surface area (Å²) in [6, 6.07) is 0.632. The molecule has 1 aromatic heterocycles. The van der Waals surface area contributed by atoms with Gasteiger partial charge in [-0.25, -0.2) is 0 Å². The minimum absolute atomic E-state index is 0.588. The smallest absolute Gasteiger partial charge is 0.191 e. The third-order valence-corrected chi connectivity index (χ3v) is 5.69. The summed E-state index contributed by atoms with van der Waals surface area (Å²) < 4.78 is 2.27. The zero-order valence-corrected chi connectivity index (χ0v) is 18.5. The summed E-state index contributed by atoms with van der Waals surface area (Å²) >= 11 is 1.67. The van der Waals surface area contributed by atoms with E-state index in [1.807, 2.05) is 7.05 Å². The molecule has 0 aliphatic carbocycles. The first-order valence-electron chi connectivity index (χ1n) is 10.2. The standard InChI is InChI=1S/C19H37N7S/c1-6-25-12-8-9-16(25)13-22-18(20-4)21-11-7-10-17-23-24-19(27-5)26(17)14-15(2)3/h15-16H,6-14H2,1-5H3,(H2,20,21,22). The highest BCUT2D eigenvalue weighted by Crippen LogP contribution is 2.17. The highest BCUT2D eigenvalue weighted by atomic mass is 32.2. The Morgan fingerprint density at radius 1 is 1.33 bits per heavy atom. The first-order valence-corrected chi connectivity index (χ1v) is 11.5. The van der Waals surface area contributed by atoms with E-state index in [-0.39, 0.29) is 0 Å². The fourth-order valence-electron chi connectivity index (χ4n) is 3.63. The van der Waals surface area contributed by atoms with Crippen molar-refractivity contribution in [2.75, 3.05) is 39.5 Å². The molecule has 1 atom stereocenters. The predicted molar refractivity (Wildman–Crippen MR) is 115 cm³/mol. The zero-order chi connectivity index (χ0) is 19.6. The van der Waals surface area contributed by atoms with E-state index in [1.54, 1.807) is 11.8 Å². The topological polar surface area (TPSA) is 70.4 Å². The van der Waals surface area contributed by atoms with Crippen LogP contribution in [0.1, 0.15) is 45.9 Å². The highest BCUT2D eigenvalue weighted by molar-refractivity contribution is 7.98. The van der Waals surface area contributed by atoms with E-state index in [1.165, 1.54) is 19.4 Å². The van der Waals surface area contributed by atoms with Gasteiger partial charge in [0.1, 0.15) is 5.82 Å². The number of aromatic nitrogens is 3. The van der Waals surface area contributed by atoms with Crippen molar-refractivity contribution >= 4 is 17.7 Å². The molecule has 2 heterocycles. The fourth-order valence-corrected chi connectivity index (χ4v) is 4.16. The molecule has 1 saturated heterocycles. The van der Waals surface area contributed by atoms with Crippen molar-refractivity contribution in [1.82, 2.24) is 30.3 Å². The van der Waals surface area contributed by atoms with Gasteiger partial charge >= 0.3 is 0 Å². The normalized spacial score (nSPS) is 18.4. The average molecular weight is 396 g/mol. The van der Waals surface area contributed by atoms with Crippen LogP contribution in [-0.2, 0) is 13.0 Å². The molecule has 0 bridgehead atoms. The second-order valence-corrected chi connectivity index (χ2v) is 8.29. The van der Waals surface area contributed by atoms with Crippen LogP contribution in [0.3, 0.4) is 0 Å². The van der Waals surface area contributed by atoms with E-state index in [4.69, 9.17) is 0 Å². The molecule has 0 radical (unpaired) electrons. The molecule has 27 heavy (non-hydrogen) atoms. The number of aryl methyl sites for hydroxylation is 1. The first kappa shape index (κ1) is 22.0. The predicted octanol–water partition coefficient (Wildman–Crippen LogP) is 2.24. The van der Waals surface area contributed by atoms with Crippen molar-refractivity contribution < 1.29 is 0 Å². The van der Waals surface area contributed by atoms with Crippen LogP contribution in [0.5, 0.6) is 0 Å². The summed E-state index contributed by atoms with van der Waals surface area (Å²) in [5, 5.41) is 16.7. The molecular formula is C19H37N7S. The largest absolute Gasteiger partial charge is 0.356 e. The van der Waals surface area contributed by atoms with E-state index in [2.05, 4.69) is 62.3 Å². The molecule has 1 aliphatic rings. The Labute approximate surface area is 168 Å². The minimum Gasteiger partial charge on any atom is -0.356 e. The maximum atomic E-state index is 4.40. The maximum absolute atomic E-state index is 4.40. The van der Waals surface area contributed by atoms with Crippen molar-refractivity contribution in [2.24, 2.45) is 10.9 Å². The van der Waals surface area contributed by atoms with Crippen LogP contribution in [0.15, 0.2) is 10.1 Å². The Morgan fingerprint density at radius 2 is 2.15 bits per heavy atom. The second kappa shape index (κ2) is 11.5. The van der Waals surface area contributed by atoms with E-state index >= 15 is 0 Å². The van der Waals surface area contributed by atoms with Gasteiger partial charge in [-0.05, 0) is 44.5 Å². The van der Waals surface area contributed by atoms with Crippen LogP contribution in [0.4, 0.5) is 0 Å². The van der Waals surface area contributed by atoms with Crippen molar-refractivity contribution in [1.29, 1.82) is 0 Å². The molecular weight excluding hydrogens is 358 g/mol. The molecule has 0 aromatic carbocycles. The Morgan fingerprint density at radius 3 is 2.81 bits per heavy atom. The number of thioether (sulfide) groups is 1. The van der Waals surface area contributed by atoms with Gasteiger partial charge in [0.25, 0.3) is 0 Å². The lowest BCUT2D eigenvalue weighted by atomic mass is 10.2. The summed E-state index contributed by atoms with van der Waals surface area (Å²) in [6.07, 6.45) is 6.58. The molecule has 0 spiro atoms. The monoisotopic (exact) mass is 395 g/mol. The van der Waals surface area contributed by atoms with Gasteiger partial charge in [-0.2, -0.15) is 0 Å². The van der Waals surface area contributed by atoms with Gasteiger partial charge in [0.05, 0.1) is 0 Å². The third kappa shape index (κ3) is 6.68. The molecule has 154 valence electrons. The summed E-state index contributed by atoms with van der Waals surface area (Å²) in [5.41, 5.74) is 0. The molecule has 1 aliphatic heterocycles. The quantitative estimate of drug-likeness (QED) is 0.274. The molecule has 2 N–H and O–H groups in total. The Bertz CT molecular complexity index is 585. The van der Waals surface area contributed by atoms with Crippen LogP contribution in [0, 0.1) is 5.92 Å². The van der Waals surface area contributed by atoms with Crippen molar-refractivity contribution in [3.63, 3.8) is 0 Å². The van der Waals surface area contributed by atoms with Gasteiger partial charge in [0.15, 0.2) is 11.1 Å². The van der Waals surface area contributed by atoms with Gasteiger partial charge in [0.2, 0.25) is 0 Å². The lowest BCUT2D eigenvalue weighted by Gasteiger charge is -2.24. The first-order chi connectivity index (χ1) is 13.1. The number of hydrogen-bond donors (Lipinski definition) is 2. The SMILES string of the molecule is CCN1CCCC1CNC(=NC)NCCCc1nnc(SC)n1CC(C)C. The molecule has 0 saturated carbocycles. The van der Waals surface area contributed by atoms with E-state index in [9.17, 15) is 0 Å². The molecule has 1 fully saturated rings. The number of guanidine groups is 1. The highest BCUT2D eigenvalue weighted by Gasteiger charge is 2.22. The Balaban J connectivity index is 1.74. The Kier molecular flexibility index (Phi) is 9.41.